The number of hydrogen-bond acceptors (Lipinski definition) is 4. The molecule has 5 nitrogen and oxygen atoms in total. The van der Waals surface area contributed by atoms with E-state index in [1.807, 2.05) is 6.07 Å². The zero-order valence-corrected chi connectivity index (χ0v) is 11.7. The lowest BCUT2D eigenvalue weighted by Gasteiger charge is -2.09. The number of hydrogen-bond donors (Lipinski definition) is 2. The highest BCUT2D eigenvalue weighted by molar-refractivity contribution is 6.35. The zero-order chi connectivity index (χ0) is 14.4. The molecule has 0 atom stereocenters. The topological polar surface area (TPSA) is 77.2 Å². The van der Waals surface area contributed by atoms with Gasteiger partial charge in [0.05, 0.1) is 5.02 Å². The van der Waals surface area contributed by atoms with Crippen LogP contribution in [-0.4, -0.2) is 30.6 Å². The van der Waals surface area contributed by atoms with Gasteiger partial charge >= 0.3 is 0 Å². The number of nitrogens with one attached hydrogen (secondary N) is 1. The fraction of sp³-hybridized carbons (Fsp3) is 0.286. The van der Waals surface area contributed by atoms with E-state index >= 15 is 0 Å². The van der Waals surface area contributed by atoms with E-state index < -0.39 is 0 Å². The monoisotopic (exact) mass is 293 g/mol. The fourth-order valence-electron chi connectivity index (χ4n) is 1.75. The Hall–Kier alpha value is -1.85. The van der Waals surface area contributed by atoms with Crippen LogP contribution in [0.25, 0.3) is 10.9 Å². The predicted octanol–water partition coefficient (Wildman–Crippen LogP) is 1.73. The Morgan fingerprint density at radius 1 is 1.40 bits per heavy atom. The van der Waals surface area contributed by atoms with Crippen LogP contribution >= 0.6 is 11.6 Å². The lowest BCUT2D eigenvalue weighted by Crippen LogP contribution is -2.30. The molecule has 106 valence electrons. The van der Waals surface area contributed by atoms with E-state index in [0.717, 1.165) is 11.8 Å². The first kappa shape index (κ1) is 14.6. The van der Waals surface area contributed by atoms with E-state index in [9.17, 15) is 4.79 Å². The summed E-state index contributed by atoms with van der Waals surface area (Å²) in [6.07, 6.45) is 2.41. The zero-order valence-electron chi connectivity index (χ0n) is 10.9. The first-order valence-corrected chi connectivity index (χ1v) is 6.73. The number of amides is 1. The quantitative estimate of drug-likeness (QED) is 0.795. The number of aromatic nitrogens is 1. The average Bonchev–Trinajstić information content (AvgIpc) is 2.47. The van der Waals surface area contributed by atoms with Crippen LogP contribution in [-0.2, 0) is 4.79 Å². The van der Waals surface area contributed by atoms with Crippen molar-refractivity contribution < 1.29 is 9.53 Å². The summed E-state index contributed by atoms with van der Waals surface area (Å²) in [5, 5.41) is 4.13. The van der Waals surface area contributed by atoms with Crippen LogP contribution in [0.5, 0.6) is 5.75 Å². The summed E-state index contributed by atoms with van der Waals surface area (Å²) in [7, 11) is 0. The first-order valence-electron chi connectivity index (χ1n) is 6.35. The molecule has 0 spiro atoms. The molecule has 2 aromatic rings. The molecule has 0 bridgehead atoms. The van der Waals surface area contributed by atoms with Crippen LogP contribution in [0.1, 0.15) is 6.42 Å². The lowest BCUT2D eigenvalue weighted by molar-refractivity contribution is -0.123. The number of carbonyl (C=O) groups is 1. The van der Waals surface area contributed by atoms with E-state index in [0.29, 0.717) is 29.4 Å². The third-order valence-electron chi connectivity index (χ3n) is 2.74. The number of ether oxygens (including phenoxy) is 1. The van der Waals surface area contributed by atoms with Crippen LogP contribution in [0, 0.1) is 0 Å². The van der Waals surface area contributed by atoms with Crippen molar-refractivity contribution >= 4 is 28.4 Å². The smallest absolute Gasteiger partial charge is 0.257 e. The van der Waals surface area contributed by atoms with E-state index in [1.165, 1.54) is 0 Å². The summed E-state index contributed by atoms with van der Waals surface area (Å²) >= 11 is 6.09. The maximum absolute atomic E-state index is 11.6. The molecule has 1 heterocycles. The van der Waals surface area contributed by atoms with Crippen molar-refractivity contribution in [1.82, 2.24) is 10.3 Å². The maximum atomic E-state index is 11.6. The van der Waals surface area contributed by atoms with Crippen LogP contribution in [0.2, 0.25) is 5.02 Å². The van der Waals surface area contributed by atoms with Crippen molar-refractivity contribution in [2.75, 3.05) is 19.7 Å². The van der Waals surface area contributed by atoms with Gasteiger partial charge in [-0.3, -0.25) is 9.78 Å². The number of rotatable bonds is 6. The summed E-state index contributed by atoms with van der Waals surface area (Å²) in [5.74, 6) is 0.358. The van der Waals surface area contributed by atoms with E-state index in [2.05, 4.69) is 10.3 Å². The van der Waals surface area contributed by atoms with Gasteiger partial charge in [-0.05, 0) is 37.2 Å². The average molecular weight is 294 g/mol. The SMILES string of the molecule is NCCCNC(=O)COc1ccc(Cl)c2cccnc12. The highest BCUT2D eigenvalue weighted by atomic mass is 35.5. The molecule has 2 rings (SSSR count). The van der Waals surface area contributed by atoms with E-state index in [1.54, 1.807) is 24.4 Å². The molecule has 0 aliphatic rings. The molecule has 0 aliphatic heterocycles. The van der Waals surface area contributed by atoms with Gasteiger partial charge in [0, 0.05) is 18.1 Å². The van der Waals surface area contributed by atoms with Crippen molar-refractivity contribution in [1.29, 1.82) is 0 Å². The summed E-state index contributed by atoms with van der Waals surface area (Å²) in [6, 6.07) is 7.11. The van der Waals surface area contributed by atoms with Gasteiger partial charge in [-0.1, -0.05) is 11.6 Å². The first-order chi connectivity index (χ1) is 9.72. The lowest BCUT2D eigenvalue weighted by atomic mass is 10.2. The van der Waals surface area contributed by atoms with Gasteiger partial charge in [-0.15, -0.1) is 0 Å². The number of halogens is 1. The second-order valence-corrected chi connectivity index (χ2v) is 4.63. The van der Waals surface area contributed by atoms with Gasteiger partial charge in [0.25, 0.3) is 5.91 Å². The second-order valence-electron chi connectivity index (χ2n) is 4.23. The Morgan fingerprint density at radius 3 is 3.05 bits per heavy atom. The van der Waals surface area contributed by atoms with Gasteiger partial charge in [0.2, 0.25) is 0 Å². The van der Waals surface area contributed by atoms with Crippen LogP contribution in [0.15, 0.2) is 30.5 Å². The molecule has 0 saturated heterocycles. The minimum Gasteiger partial charge on any atom is -0.481 e. The van der Waals surface area contributed by atoms with Gasteiger partial charge in [-0.25, -0.2) is 0 Å². The Balaban J connectivity index is 2.03. The van der Waals surface area contributed by atoms with Crippen molar-refractivity contribution in [2.45, 2.75) is 6.42 Å². The normalized spacial score (nSPS) is 10.5. The molecule has 1 aromatic heterocycles. The van der Waals surface area contributed by atoms with Crippen molar-refractivity contribution in [3.8, 4) is 5.75 Å². The summed E-state index contributed by atoms with van der Waals surface area (Å²) in [6.45, 7) is 1.04. The molecule has 1 aromatic carbocycles. The molecule has 0 radical (unpaired) electrons. The number of fused-ring (bicyclic) bond motifs is 1. The molecular formula is C14H16ClN3O2. The van der Waals surface area contributed by atoms with Gasteiger partial charge in [-0.2, -0.15) is 0 Å². The standard InChI is InChI=1S/C14H16ClN3O2/c15-11-4-5-12(14-10(11)3-1-7-18-14)20-9-13(19)17-8-2-6-16/h1,3-5,7H,2,6,8-9,16H2,(H,17,19). The fourth-order valence-corrected chi connectivity index (χ4v) is 1.97. The van der Waals surface area contributed by atoms with E-state index in [-0.39, 0.29) is 12.5 Å². The van der Waals surface area contributed by atoms with Crippen molar-refractivity contribution in [2.24, 2.45) is 5.73 Å². The third-order valence-corrected chi connectivity index (χ3v) is 3.07. The van der Waals surface area contributed by atoms with Gasteiger partial charge in [0.1, 0.15) is 11.3 Å². The molecule has 0 saturated carbocycles. The number of nitrogens with zero attached hydrogens (tertiary/aromatic N) is 1. The molecule has 3 N–H and O–H groups in total. The Morgan fingerprint density at radius 2 is 2.25 bits per heavy atom. The Kier molecular flexibility index (Phi) is 5.15. The molecular weight excluding hydrogens is 278 g/mol. The molecule has 0 aliphatic carbocycles. The van der Waals surface area contributed by atoms with Crippen molar-refractivity contribution in [3.63, 3.8) is 0 Å². The van der Waals surface area contributed by atoms with Crippen LogP contribution in [0.4, 0.5) is 0 Å². The Labute approximate surface area is 122 Å². The second kappa shape index (κ2) is 7.07. The molecule has 20 heavy (non-hydrogen) atoms. The summed E-state index contributed by atoms with van der Waals surface area (Å²) < 4.78 is 5.50. The van der Waals surface area contributed by atoms with Crippen LogP contribution < -0.4 is 15.8 Å². The number of carbonyl (C=O) groups excluding carboxylic acids is 1. The molecule has 0 unspecified atom stereocenters. The Bertz CT molecular complexity index is 604. The molecule has 6 heteroatoms. The maximum Gasteiger partial charge on any atom is 0.257 e. The number of nitrogens with two attached hydrogens (primary N) is 1. The summed E-state index contributed by atoms with van der Waals surface area (Å²) in [5.41, 5.74) is 6.00. The minimum absolute atomic E-state index is 0.0577. The van der Waals surface area contributed by atoms with Crippen molar-refractivity contribution in [3.05, 3.63) is 35.5 Å². The van der Waals surface area contributed by atoms with Gasteiger partial charge in [0.15, 0.2) is 6.61 Å². The molecule has 0 fully saturated rings. The largest absolute Gasteiger partial charge is 0.481 e. The predicted molar refractivity (Wildman–Crippen MR) is 78.9 cm³/mol. The summed E-state index contributed by atoms with van der Waals surface area (Å²) in [4.78, 5) is 15.8. The van der Waals surface area contributed by atoms with Crippen LogP contribution in [0.3, 0.4) is 0 Å². The minimum atomic E-state index is -0.183. The number of pyridine rings is 1. The highest BCUT2D eigenvalue weighted by Gasteiger charge is 2.08. The number of benzene rings is 1. The van der Waals surface area contributed by atoms with E-state index in [4.69, 9.17) is 22.1 Å². The highest BCUT2D eigenvalue weighted by Crippen LogP contribution is 2.29. The molecule has 1 amide bonds. The third kappa shape index (κ3) is 3.59. The van der Waals surface area contributed by atoms with Gasteiger partial charge < -0.3 is 15.8 Å².